The first-order valence-electron chi connectivity index (χ1n) is 8.91. The molecule has 3 rings (SSSR count). The van der Waals surface area contributed by atoms with Gasteiger partial charge in [0.2, 0.25) is 0 Å². The molecule has 0 aliphatic carbocycles. The topological polar surface area (TPSA) is 36.0 Å². The van der Waals surface area contributed by atoms with Crippen LogP contribution < -0.4 is 0 Å². The van der Waals surface area contributed by atoms with Gasteiger partial charge in [-0.05, 0) is 44.4 Å². The summed E-state index contributed by atoms with van der Waals surface area (Å²) in [6.45, 7) is 7.25. The molecular weight excluding hydrogens is 302 g/mol. The van der Waals surface area contributed by atoms with Crippen molar-refractivity contribution >= 4 is 5.91 Å². The first-order valence-corrected chi connectivity index (χ1v) is 8.91. The summed E-state index contributed by atoms with van der Waals surface area (Å²) in [5.41, 5.74) is 1.77. The average Bonchev–Trinajstić information content (AvgIpc) is 2.79. The van der Waals surface area contributed by atoms with Gasteiger partial charge < -0.3 is 4.90 Å². The van der Waals surface area contributed by atoms with E-state index in [9.17, 15) is 4.79 Å². The van der Waals surface area contributed by atoms with Crippen LogP contribution in [0.2, 0.25) is 0 Å². The molecule has 0 unspecified atom stereocenters. The number of nitrogens with zero attached hydrogens (tertiary/aromatic N) is 3. The third-order valence-electron chi connectivity index (χ3n) is 5.13. The highest BCUT2D eigenvalue weighted by atomic mass is 16.7. The molecule has 1 aromatic carbocycles. The summed E-state index contributed by atoms with van der Waals surface area (Å²) in [4.78, 5) is 22.4. The molecule has 0 radical (unpaired) electrons. The zero-order chi connectivity index (χ0) is 17.3. The molecule has 2 fully saturated rings. The Balaban J connectivity index is 1.61. The lowest BCUT2D eigenvalue weighted by Crippen LogP contribution is -2.55. The Bertz CT molecular complexity index is 574. The van der Waals surface area contributed by atoms with Crippen LogP contribution >= 0.6 is 0 Å². The second-order valence-corrected chi connectivity index (χ2v) is 7.47. The Morgan fingerprint density at radius 2 is 1.92 bits per heavy atom. The molecule has 5 nitrogen and oxygen atoms in total. The van der Waals surface area contributed by atoms with Crippen molar-refractivity contribution < 1.29 is 9.63 Å². The molecule has 2 atom stereocenters. The molecule has 0 N–H and O–H groups in total. The minimum absolute atomic E-state index is 0.0301. The van der Waals surface area contributed by atoms with Gasteiger partial charge in [-0.15, -0.1) is 0 Å². The molecular formula is C19H29N3O2. The molecule has 132 valence electrons. The smallest absolute Gasteiger partial charge is 0.253 e. The van der Waals surface area contributed by atoms with Crippen molar-refractivity contribution in [2.45, 2.75) is 51.4 Å². The Labute approximate surface area is 145 Å². The van der Waals surface area contributed by atoms with Crippen LogP contribution in [-0.4, -0.2) is 66.1 Å². The zero-order valence-corrected chi connectivity index (χ0v) is 15.2. The summed E-state index contributed by atoms with van der Waals surface area (Å²) < 4.78 is 0. The summed E-state index contributed by atoms with van der Waals surface area (Å²) in [5, 5.41) is 2.22. The average molecular weight is 331 g/mol. The fourth-order valence-corrected chi connectivity index (χ4v) is 3.73. The largest absolute Gasteiger partial charge is 0.345 e. The van der Waals surface area contributed by atoms with E-state index < -0.39 is 0 Å². The van der Waals surface area contributed by atoms with Gasteiger partial charge in [0.25, 0.3) is 5.91 Å². The molecule has 1 amide bonds. The Hall–Kier alpha value is -1.43. The summed E-state index contributed by atoms with van der Waals surface area (Å²) in [7, 11) is 3.55. The second-order valence-electron chi connectivity index (χ2n) is 7.47. The molecule has 2 aliphatic rings. The first kappa shape index (κ1) is 17.4. The van der Waals surface area contributed by atoms with Gasteiger partial charge in [0, 0.05) is 50.9 Å². The highest BCUT2D eigenvalue weighted by Crippen LogP contribution is 2.31. The summed E-state index contributed by atoms with van der Waals surface area (Å²) in [6.07, 6.45) is 2.43. The van der Waals surface area contributed by atoms with Crippen molar-refractivity contribution in [2.24, 2.45) is 0 Å². The van der Waals surface area contributed by atoms with Crippen molar-refractivity contribution in [2.75, 3.05) is 27.2 Å². The number of likely N-dealkylation sites (tertiary alicyclic amines) is 1. The first-order chi connectivity index (χ1) is 11.5. The second kappa shape index (κ2) is 7.21. The minimum atomic E-state index is 0.0301. The lowest BCUT2D eigenvalue weighted by molar-refractivity contribution is -0.224. The van der Waals surface area contributed by atoms with Crippen molar-refractivity contribution in [3.05, 3.63) is 35.4 Å². The Morgan fingerprint density at radius 3 is 2.50 bits per heavy atom. The predicted molar refractivity (Wildman–Crippen MR) is 94.6 cm³/mol. The highest BCUT2D eigenvalue weighted by molar-refractivity contribution is 5.94. The fourth-order valence-electron chi connectivity index (χ4n) is 3.73. The SMILES string of the molecule is CC(C)N1C[C@H]2CC[C@@H](C1)N2OCc1cccc(C(=O)N(C)C)c1. The Morgan fingerprint density at radius 1 is 1.25 bits per heavy atom. The standard InChI is InChI=1S/C19H29N3O2/c1-14(2)21-11-17-8-9-18(12-21)22(17)24-13-15-6-5-7-16(10-15)19(23)20(3)4/h5-7,10,14,17-18H,8-9,11-13H2,1-4H3/t17-,18+. The van der Waals surface area contributed by atoms with Crippen molar-refractivity contribution in [1.82, 2.24) is 14.9 Å². The molecule has 0 saturated carbocycles. The lowest BCUT2D eigenvalue weighted by atomic mass is 10.1. The number of carbonyl (C=O) groups is 1. The number of rotatable bonds is 5. The number of hydrogen-bond acceptors (Lipinski definition) is 4. The minimum Gasteiger partial charge on any atom is -0.345 e. The predicted octanol–water partition coefficient (Wildman–Crippen LogP) is 2.38. The van der Waals surface area contributed by atoms with E-state index in [1.807, 2.05) is 24.3 Å². The maximum Gasteiger partial charge on any atom is 0.253 e. The highest BCUT2D eigenvalue weighted by Gasteiger charge is 2.41. The van der Waals surface area contributed by atoms with E-state index in [0.29, 0.717) is 30.3 Å². The molecule has 5 heteroatoms. The van der Waals surface area contributed by atoms with Crippen LogP contribution in [0.1, 0.15) is 42.6 Å². The third-order valence-corrected chi connectivity index (χ3v) is 5.13. The van der Waals surface area contributed by atoms with Gasteiger partial charge >= 0.3 is 0 Å². The van der Waals surface area contributed by atoms with E-state index in [2.05, 4.69) is 23.8 Å². The van der Waals surface area contributed by atoms with Gasteiger partial charge in [-0.1, -0.05) is 12.1 Å². The van der Waals surface area contributed by atoms with Gasteiger partial charge in [-0.3, -0.25) is 14.5 Å². The summed E-state index contributed by atoms with van der Waals surface area (Å²) in [5.74, 6) is 0.0301. The maximum absolute atomic E-state index is 12.1. The number of fused-ring (bicyclic) bond motifs is 2. The molecule has 2 saturated heterocycles. The van der Waals surface area contributed by atoms with Gasteiger partial charge in [0.1, 0.15) is 0 Å². The summed E-state index contributed by atoms with van der Waals surface area (Å²) >= 11 is 0. The van der Waals surface area contributed by atoms with E-state index in [4.69, 9.17) is 4.84 Å². The monoisotopic (exact) mass is 331 g/mol. The molecule has 2 aliphatic heterocycles. The van der Waals surface area contributed by atoms with E-state index in [-0.39, 0.29) is 5.91 Å². The van der Waals surface area contributed by atoms with E-state index in [1.54, 1.807) is 19.0 Å². The van der Waals surface area contributed by atoms with Crippen LogP contribution in [0, 0.1) is 0 Å². The normalized spacial score (nSPS) is 24.5. The molecule has 2 bridgehead atoms. The van der Waals surface area contributed by atoms with Gasteiger partial charge in [-0.25, -0.2) is 0 Å². The zero-order valence-electron chi connectivity index (χ0n) is 15.2. The van der Waals surface area contributed by atoms with E-state index >= 15 is 0 Å². The maximum atomic E-state index is 12.1. The quantitative estimate of drug-likeness (QED) is 0.830. The van der Waals surface area contributed by atoms with Crippen LogP contribution in [0.25, 0.3) is 0 Å². The number of amides is 1. The lowest BCUT2D eigenvalue weighted by Gasteiger charge is -2.41. The third kappa shape index (κ3) is 3.63. The number of piperazine rings is 1. The van der Waals surface area contributed by atoms with Gasteiger partial charge in [0.15, 0.2) is 0 Å². The van der Waals surface area contributed by atoms with Crippen LogP contribution in [-0.2, 0) is 11.4 Å². The molecule has 0 spiro atoms. The van der Waals surface area contributed by atoms with Crippen LogP contribution in [0.15, 0.2) is 24.3 Å². The number of benzene rings is 1. The van der Waals surface area contributed by atoms with Crippen LogP contribution in [0.5, 0.6) is 0 Å². The molecule has 2 heterocycles. The van der Waals surface area contributed by atoms with Crippen molar-refractivity contribution in [3.63, 3.8) is 0 Å². The number of hydroxylamine groups is 2. The Kier molecular flexibility index (Phi) is 5.23. The number of hydrogen-bond donors (Lipinski definition) is 0. The molecule has 24 heavy (non-hydrogen) atoms. The van der Waals surface area contributed by atoms with E-state index in [0.717, 1.165) is 18.7 Å². The van der Waals surface area contributed by atoms with Gasteiger partial charge in [0.05, 0.1) is 6.61 Å². The van der Waals surface area contributed by atoms with Gasteiger partial charge in [-0.2, -0.15) is 5.06 Å². The van der Waals surface area contributed by atoms with Crippen LogP contribution in [0.3, 0.4) is 0 Å². The van der Waals surface area contributed by atoms with Crippen molar-refractivity contribution in [3.8, 4) is 0 Å². The van der Waals surface area contributed by atoms with E-state index in [1.165, 1.54) is 12.8 Å². The fraction of sp³-hybridized carbons (Fsp3) is 0.632. The number of carbonyl (C=O) groups excluding carboxylic acids is 1. The van der Waals surface area contributed by atoms with Crippen molar-refractivity contribution in [1.29, 1.82) is 0 Å². The van der Waals surface area contributed by atoms with Crippen LogP contribution in [0.4, 0.5) is 0 Å². The molecule has 0 aromatic heterocycles. The summed E-state index contributed by atoms with van der Waals surface area (Å²) in [6, 6.07) is 9.35. The molecule has 1 aromatic rings.